The fourth-order valence-electron chi connectivity index (χ4n) is 3.66. The highest BCUT2D eigenvalue weighted by atomic mass is 16.6. The zero-order valence-corrected chi connectivity index (χ0v) is 26.6. The summed E-state index contributed by atoms with van der Waals surface area (Å²) in [7, 11) is 0. The number of carbonyl (C=O) groups excluding carboxylic acids is 2. The molecule has 45 heavy (non-hydrogen) atoms. The molecule has 0 aromatic heterocycles. The summed E-state index contributed by atoms with van der Waals surface area (Å²) in [6.45, 7) is 12.2. The van der Waals surface area contributed by atoms with Crippen molar-refractivity contribution in [2.75, 3.05) is 0 Å². The second-order valence-electron chi connectivity index (χ2n) is 11.8. The number of aliphatic carboxylic acids is 1. The number of benzene rings is 1. The molecule has 13 nitrogen and oxygen atoms in total. The van der Waals surface area contributed by atoms with Gasteiger partial charge in [-0.05, 0) is 104 Å². The second-order valence-corrected chi connectivity index (χ2v) is 11.8. The van der Waals surface area contributed by atoms with E-state index in [9.17, 15) is 19.5 Å². The van der Waals surface area contributed by atoms with E-state index in [4.69, 9.17) is 24.7 Å². The van der Waals surface area contributed by atoms with Gasteiger partial charge in [-0.25, -0.2) is 19.3 Å². The number of nitrogens with zero attached hydrogens (tertiary/aromatic N) is 4. The van der Waals surface area contributed by atoms with E-state index >= 15 is 0 Å². The number of imide groups is 1. The Kier molecular flexibility index (Phi) is 15.1. The number of carboxylic acids is 1. The Morgan fingerprint density at radius 3 is 2.04 bits per heavy atom. The highest BCUT2D eigenvalue weighted by Crippen LogP contribution is 2.25. The first-order valence-corrected chi connectivity index (χ1v) is 14.1. The first-order chi connectivity index (χ1) is 21.0. The molecule has 1 aliphatic rings. The molecule has 0 aliphatic carbocycles. The van der Waals surface area contributed by atoms with Gasteiger partial charge in [-0.2, -0.15) is 0 Å². The number of guanidine groups is 1. The van der Waals surface area contributed by atoms with Gasteiger partial charge in [0.15, 0.2) is 0 Å². The summed E-state index contributed by atoms with van der Waals surface area (Å²) in [5.41, 5.74) is 1.13. The molecule has 1 aromatic rings. The van der Waals surface area contributed by atoms with Gasteiger partial charge >= 0.3 is 24.1 Å². The Labute approximate surface area is 262 Å². The van der Waals surface area contributed by atoms with Gasteiger partial charge in [0.1, 0.15) is 11.2 Å². The average molecular weight is 624 g/mol. The highest BCUT2D eigenvalue weighted by molar-refractivity contribution is 5.91. The van der Waals surface area contributed by atoms with Crippen LogP contribution in [0.2, 0.25) is 0 Å². The van der Waals surface area contributed by atoms with E-state index in [-0.39, 0.29) is 5.57 Å². The smallest absolute Gasteiger partial charge is 0.420 e. The number of nitroso groups, excluding NO2 is 2. The third kappa shape index (κ3) is 15.3. The summed E-state index contributed by atoms with van der Waals surface area (Å²) in [5.74, 6) is -2.06. The van der Waals surface area contributed by atoms with Crippen molar-refractivity contribution in [2.45, 2.75) is 85.0 Å². The molecule has 242 valence electrons. The summed E-state index contributed by atoms with van der Waals surface area (Å²) in [6.07, 6.45) is 11.9. The molecule has 0 bridgehead atoms. The number of para-hydroxylation sites is 1. The maximum absolute atomic E-state index is 12.9. The molecule has 0 radical (unpaired) electrons. The van der Waals surface area contributed by atoms with Gasteiger partial charge in [0.25, 0.3) is 0 Å². The van der Waals surface area contributed by atoms with E-state index in [1.807, 2.05) is 40.7 Å². The number of hydrogen-bond acceptors (Lipinski definition) is 9. The first kappa shape index (κ1) is 38.0. The van der Waals surface area contributed by atoms with Crippen molar-refractivity contribution in [3.05, 3.63) is 81.2 Å². The quantitative estimate of drug-likeness (QED) is 0.180. The lowest BCUT2D eigenvalue weighted by atomic mass is 10.0. The predicted molar refractivity (Wildman–Crippen MR) is 174 cm³/mol. The minimum absolute atomic E-state index is 0.133. The SMILES string of the molecule is CC(CCCC1=Cc2ccccc2N=C/C=C\C=C(/C(=O)O)C=C1)N(C(=O)OC(C)(C)C)C(=O)OC(C)(C)C.N=C(N=O)N=O. The maximum atomic E-state index is 12.9. The molecule has 2 amide bonds. The van der Waals surface area contributed by atoms with Crippen LogP contribution in [0.25, 0.3) is 6.08 Å². The molecular weight excluding hydrogens is 582 g/mol. The molecular formula is C32H41N5O8. The van der Waals surface area contributed by atoms with E-state index in [1.54, 1.807) is 79.0 Å². The number of amides is 2. The second kappa shape index (κ2) is 17.9. The van der Waals surface area contributed by atoms with Crippen LogP contribution in [0, 0.1) is 15.2 Å². The lowest BCUT2D eigenvalue weighted by Gasteiger charge is -2.32. The molecule has 1 aromatic carbocycles. The number of aliphatic imine (C=N–C) groups is 1. The molecule has 1 unspecified atom stereocenters. The zero-order chi connectivity index (χ0) is 34.2. The normalized spacial score (nSPS) is 15.4. The number of ether oxygens (including phenoxy) is 2. The van der Waals surface area contributed by atoms with E-state index in [0.717, 1.165) is 21.7 Å². The van der Waals surface area contributed by atoms with E-state index in [0.29, 0.717) is 19.3 Å². The van der Waals surface area contributed by atoms with Gasteiger partial charge in [-0.1, -0.05) is 30.4 Å². The van der Waals surface area contributed by atoms with Crippen LogP contribution in [0.5, 0.6) is 0 Å². The average Bonchev–Trinajstić information content (AvgIpc) is 2.91. The number of carboxylic acid groups (broad SMARTS) is 1. The molecule has 2 rings (SSSR count). The van der Waals surface area contributed by atoms with Crippen molar-refractivity contribution in [3.63, 3.8) is 0 Å². The molecule has 0 saturated carbocycles. The summed E-state index contributed by atoms with van der Waals surface area (Å²) in [4.78, 5) is 61.0. The number of allylic oxidation sites excluding steroid dienone is 5. The standard InChI is InChI=1S/C31H40N2O6.CHN3O2/c1-22(33(28(36)38-30(2,3)4)29(37)39-31(5,6)7)13-12-14-23-18-19-24(27(34)35)15-10-11-20-32-26-17-9-8-16-25(26)21-23;2-1(3-5)4-6/h8-11,15-22H,12-14H2,1-7H3,(H,34,35);2H/b11-10-,15-10?,19-18?,20-11?,23-18?,23-21?,24-15-,24-19?,25-21?,32-20?,32-26?;. The van der Waals surface area contributed by atoms with Gasteiger partial charge in [-0.15, -0.1) is 9.81 Å². The molecule has 13 heteroatoms. The number of rotatable bonds is 6. The van der Waals surface area contributed by atoms with Crippen LogP contribution in [-0.4, -0.2) is 57.6 Å². The molecule has 0 saturated heterocycles. The third-order valence-electron chi connectivity index (χ3n) is 5.57. The minimum atomic E-state index is -1.04. The lowest BCUT2D eigenvalue weighted by Crippen LogP contribution is -2.48. The summed E-state index contributed by atoms with van der Waals surface area (Å²) in [6, 6.07) is 7.17. The zero-order valence-electron chi connectivity index (χ0n) is 26.6. The number of carbonyl (C=O) groups is 3. The molecule has 1 heterocycles. The fraction of sp³-hybridized carbons (Fsp3) is 0.406. The molecule has 1 atom stereocenters. The molecule has 1 aliphatic heterocycles. The number of fused-ring (bicyclic) bond motifs is 1. The Balaban J connectivity index is 0.00000153. The largest absolute Gasteiger partial charge is 0.478 e. The maximum Gasteiger partial charge on any atom is 0.420 e. The van der Waals surface area contributed by atoms with Crippen LogP contribution < -0.4 is 0 Å². The molecule has 2 N–H and O–H groups in total. The Morgan fingerprint density at radius 2 is 1.53 bits per heavy atom. The Bertz CT molecular complexity index is 1360. The van der Waals surface area contributed by atoms with Crippen LogP contribution in [0.3, 0.4) is 0 Å². The van der Waals surface area contributed by atoms with Gasteiger partial charge in [0.2, 0.25) is 0 Å². The van der Waals surface area contributed by atoms with Crippen molar-refractivity contribution in [2.24, 2.45) is 15.3 Å². The van der Waals surface area contributed by atoms with Crippen LogP contribution in [0.1, 0.15) is 73.3 Å². The van der Waals surface area contributed by atoms with Gasteiger partial charge in [0, 0.05) is 28.2 Å². The van der Waals surface area contributed by atoms with E-state index in [1.165, 1.54) is 6.08 Å². The summed E-state index contributed by atoms with van der Waals surface area (Å²) < 4.78 is 11.0. The van der Waals surface area contributed by atoms with Gasteiger partial charge in [0.05, 0.1) is 11.3 Å². The van der Waals surface area contributed by atoms with Crippen molar-refractivity contribution >= 4 is 42.1 Å². The van der Waals surface area contributed by atoms with Crippen molar-refractivity contribution in [1.29, 1.82) is 5.41 Å². The van der Waals surface area contributed by atoms with E-state index in [2.05, 4.69) is 4.99 Å². The third-order valence-corrected chi connectivity index (χ3v) is 5.57. The molecule has 0 spiro atoms. The monoisotopic (exact) mass is 623 g/mol. The van der Waals surface area contributed by atoms with Crippen LogP contribution in [0.15, 0.2) is 81.1 Å². The topological polar surface area (TPSA) is 188 Å². The van der Waals surface area contributed by atoms with Gasteiger partial charge in [-0.3, -0.25) is 10.4 Å². The van der Waals surface area contributed by atoms with Crippen molar-refractivity contribution in [3.8, 4) is 0 Å². The minimum Gasteiger partial charge on any atom is -0.478 e. The van der Waals surface area contributed by atoms with Crippen molar-refractivity contribution in [1.82, 2.24) is 4.90 Å². The predicted octanol–water partition coefficient (Wildman–Crippen LogP) is 8.09. The van der Waals surface area contributed by atoms with E-state index < -0.39 is 41.4 Å². The number of hydrogen-bond donors (Lipinski definition) is 2. The fourth-order valence-corrected chi connectivity index (χ4v) is 3.66. The highest BCUT2D eigenvalue weighted by Gasteiger charge is 2.34. The summed E-state index contributed by atoms with van der Waals surface area (Å²) >= 11 is 0. The Hall–Kier alpha value is -5.07. The Morgan fingerprint density at radius 1 is 0.956 bits per heavy atom. The van der Waals surface area contributed by atoms with Crippen LogP contribution >= 0.6 is 0 Å². The first-order valence-electron chi connectivity index (χ1n) is 14.1. The molecule has 0 fully saturated rings. The van der Waals surface area contributed by atoms with Crippen molar-refractivity contribution < 1.29 is 29.0 Å². The number of nitrogens with one attached hydrogen (secondary N) is 1. The van der Waals surface area contributed by atoms with Gasteiger partial charge < -0.3 is 14.6 Å². The van der Waals surface area contributed by atoms with Crippen LogP contribution in [0.4, 0.5) is 15.3 Å². The van der Waals surface area contributed by atoms with Crippen LogP contribution in [-0.2, 0) is 14.3 Å². The lowest BCUT2D eigenvalue weighted by molar-refractivity contribution is -0.132. The summed E-state index contributed by atoms with van der Waals surface area (Å²) in [5, 5.41) is 19.3.